The summed E-state index contributed by atoms with van der Waals surface area (Å²) in [5.74, 6) is -0.288. The van der Waals surface area contributed by atoms with E-state index in [0.717, 1.165) is 11.6 Å². The molecule has 5 aromatic rings. The van der Waals surface area contributed by atoms with Crippen molar-refractivity contribution >= 4 is 5.97 Å². The molecular formula is C27H19F3N4O3. The van der Waals surface area contributed by atoms with Crippen molar-refractivity contribution in [3.05, 3.63) is 102 Å². The zero-order valence-corrected chi connectivity index (χ0v) is 19.4. The van der Waals surface area contributed by atoms with Crippen LogP contribution < -0.4 is 0 Å². The molecule has 0 aliphatic carbocycles. The van der Waals surface area contributed by atoms with Crippen molar-refractivity contribution in [2.45, 2.75) is 12.7 Å². The molecule has 0 saturated carbocycles. The Kier molecular flexibility index (Phi) is 6.31. The summed E-state index contributed by atoms with van der Waals surface area (Å²) in [5, 5.41) is 8.11. The number of nitrogens with zero attached hydrogens (tertiary/aromatic N) is 4. The second kappa shape index (κ2) is 9.73. The van der Waals surface area contributed by atoms with Crippen molar-refractivity contribution in [2.24, 2.45) is 0 Å². The lowest BCUT2D eigenvalue weighted by Crippen LogP contribution is -2.07. The molecule has 0 N–H and O–H groups in total. The van der Waals surface area contributed by atoms with Crippen LogP contribution in [0.15, 0.2) is 89.6 Å². The van der Waals surface area contributed by atoms with Gasteiger partial charge in [0.15, 0.2) is 5.69 Å². The largest absolute Gasteiger partial charge is 0.464 e. The van der Waals surface area contributed by atoms with Gasteiger partial charge in [-0.2, -0.15) is 23.3 Å². The highest BCUT2D eigenvalue weighted by atomic mass is 19.4. The summed E-state index contributed by atoms with van der Waals surface area (Å²) in [6, 6.07) is 21.1. The van der Waals surface area contributed by atoms with Gasteiger partial charge in [-0.1, -0.05) is 65.8 Å². The number of aromatic nitrogens is 4. The molecule has 37 heavy (non-hydrogen) atoms. The molecule has 0 atom stereocenters. The average molecular weight is 504 g/mol. The van der Waals surface area contributed by atoms with E-state index in [0.29, 0.717) is 17.7 Å². The molecule has 2 aromatic heterocycles. The molecule has 7 nitrogen and oxygen atoms in total. The maximum absolute atomic E-state index is 13.9. The molecule has 0 unspecified atom stereocenters. The van der Waals surface area contributed by atoms with Crippen LogP contribution in [0.2, 0.25) is 0 Å². The molecule has 3 aromatic carbocycles. The fourth-order valence-electron chi connectivity index (χ4n) is 3.85. The van der Waals surface area contributed by atoms with E-state index in [4.69, 9.17) is 4.52 Å². The summed E-state index contributed by atoms with van der Waals surface area (Å²) in [4.78, 5) is 15.9. The maximum Gasteiger partial charge on any atom is 0.417 e. The first kappa shape index (κ1) is 24.0. The molecular weight excluding hydrogens is 485 g/mol. The number of hydrogen-bond acceptors (Lipinski definition) is 6. The first-order valence-corrected chi connectivity index (χ1v) is 11.1. The van der Waals surface area contributed by atoms with Crippen molar-refractivity contribution in [1.82, 2.24) is 19.9 Å². The SMILES string of the molecule is COC(=O)c1ccn(Cc2ccc(-c3noc(-c4ccc(-c5ccccc5)c(C(F)(F)F)c4)n3)cc2)n1. The van der Waals surface area contributed by atoms with Gasteiger partial charge in [-0.05, 0) is 34.9 Å². The van der Waals surface area contributed by atoms with Gasteiger partial charge in [0, 0.05) is 17.3 Å². The predicted molar refractivity (Wildman–Crippen MR) is 128 cm³/mol. The second-order valence-corrected chi connectivity index (χ2v) is 8.13. The topological polar surface area (TPSA) is 83.0 Å². The Hall–Kier alpha value is -4.73. The van der Waals surface area contributed by atoms with E-state index in [1.54, 1.807) is 59.4 Å². The number of carbonyl (C=O) groups is 1. The molecule has 0 amide bonds. The van der Waals surface area contributed by atoms with E-state index in [9.17, 15) is 18.0 Å². The van der Waals surface area contributed by atoms with Crippen LogP contribution in [0.3, 0.4) is 0 Å². The molecule has 0 fully saturated rings. The Morgan fingerprint density at radius 2 is 1.68 bits per heavy atom. The van der Waals surface area contributed by atoms with Crippen LogP contribution in [0.4, 0.5) is 13.2 Å². The summed E-state index contributed by atoms with van der Waals surface area (Å²) >= 11 is 0. The van der Waals surface area contributed by atoms with Gasteiger partial charge in [0.1, 0.15) is 0 Å². The maximum atomic E-state index is 13.9. The minimum Gasteiger partial charge on any atom is -0.464 e. The number of halogens is 3. The van der Waals surface area contributed by atoms with Gasteiger partial charge in [0.2, 0.25) is 5.82 Å². The van der Waals surface area contributed by atoms with Crippen molar-refractivity contribution in [1.29, 1.82) is 0 Å². The van der Waals surface area contributed by atoms with Gasteiger partial charge in [-0.3, -0.25) is 4.68 Å². The summed E-state index contributed by atoms with van der Waals surface area (Å²) < 4.78 is 53.1. The van der Waals surface area contributed by atoms with Gasteiger partial charge in [-0.25, -0.2) is 4.79 Å². The van der Waals surface area contributed by atoms with E-state index in [1.807, 2.05) is 12.1 Å². The van der Waals surface area contributed by atoms with Crippen molar-refractivity contribution in [2.75, 3.05) is 7.11 Å². The number of ether oxygens (including phenoxy) is 1. The number of methoxy groups -OCH3 is 1. The normalized spacial score (nSPS) is 11.5. The monoisotopic (exact) mass is 504 g/mol. The lowest BCUT2D eigenvalue weighted by Gasteiger charge is -2.14. The van der Waals surface area contributed by atoms with Crippen LogP contribution in [-0.2, 0) is 17.5 Å². The molecule has 0 radical (unpaired) electrons. The van der Waals surface area contributed by atoms with E-state index in [-0.39, 0.29) is 28.5 Å². The van der Waals surface area contributed by atoms with Crippen LogP contribution in [0, 0.1) is 0 Å². The minimum atomic E-state index is -4.56. The third kappa shape index (κ3) is 5.13. The highest BCUT2D eigenvalue weighted by molar-refractivity contribution is 5.86. The molecule has 0 aliphatic heterocycles. The fraction of sp³-hybridized carbons (Fsp3) is 0.111. The number of benzene rings is 3. The van der Waals surface area contributed by atoms with Gasteiger partial charge in [0.05, 0.1) is 19.2 Å². The van der Waals surface area contributed by atoms with Crippen molar-refractivity contribution in [3.63, 3.8) is 0 Å². The molecule has 10 heteroatoms. The second-order valence-electron chi connectivity index (χ2n) is 8.13. The zero-order chi connectivity index (χ0) is 26.0. The average Bonchev–Trinajstić information content (AvgIpc) is 3.59. The van der Waals surface area contributed by atoms with Gasteiger partial charge >= 0.3 is 12.1 Å². The summed E-state index contributed by atoms with van der Waals surface area (Å²) in [6.07, 6.45) is -2.89. The number of carbonyl (C=O) groups excluding carboxylic acids is 1. The Morgan fingerprint density at radius 3 is 2.38 bits per heavy atom. The molecule has 2 heterocycles. The molecule has 0 aliphatic rings. The molecule has 0 bridgehead atoms. The molecule has 186 valence electrons. The van der Waals surface area contributed by atoms with Crippen LogP contribution in [0.1, 0.15) is 21.6 Å². The lowest BCUT2D eigenvalue weighted by molar-refractivity contribution is -0.137. The van der Waals surface area contributed by atoms with E-state index >= 15 is 0 Å². The quantitative estimate of drug-likeness (QED) is 0.259. The van der Waals surface area contributed by atoms with Gasteiger partial charge in [0.25, 0.3) is 5.89 Å². The third-order valence-corrected chi connectivity index (χ3v) is 5.67. The smallest absolute Gasteiger partial charge is 0.417 e. The third-order valence-electron chi connectivity index (χ3n) is 5.67. The predicted octanol–water partition coefficient (Wildman–Crippen LogP) is 6.12. The molecule has 0 saturated heterocycles. The van der Waals surface area contributed by atoms with Crippen LogP contribution in [0.5, 0.6) is 0 Å². The summed E-state index contributed by atoms with van der Waals surface area (Å²) in [7, 11) is 1.29. The highest BCUT2D eigenvalue weighted by Crippen LogP contribution is 2.39. The van der Waals surface area contributed by atoms with E-state index in [1.165, 1.54) is 19.2 Å². The van der Waals surface area contributed by atoms with E-state index < -0.39 is 17.7 Å². The van der Waals surface area contributed by atoms with E-state index in [2.05, 4.69) is 20.0 Å². The standard InChI is InChI=1S/C27H19F3N4O3/c1-36-26(35)23-13-14-34(32-23)16-17-7-9-19(10-8-17)24-31-25(37-33-24)20-11-12-21(18-5-3-2-4-6-18)22(15-20)27(28,29)30/h2-15H,16H2,1H3. The number of esters is 1. The molecule has 0 spiro atoms. The van der Waals surface area contributed by atoms with Crippen LogP contribution >= 0.6 is 0 Å². The Labute approximate surface area is 209 Å². The van der Waals surface area contributed by atoms with Gasteiger partial charge < -0.3 is 9.26 Å². The Balaban J connectivity index is 1.37. The lowest BCUT2D eigenvalue weighted by atomic mass is 9.97. The minimum absolute atomic E-state index is 0.0175. The van der Waals surface area contributed by atoms with Crippen LogP contribution in [-0.4, -0.2) is 33.0 Å². The number of hydrogen-bond donors (Lipinski definition) is 0. The summed E-state index contributed by atoms with van der Waals surface area (Å²) in [6.45, 7) is 0.419. The van der Waals surface area contributed by atoms with Crippen molar-refractivity contribution in [3.8, 4) is 34.0 Å². The Morgan fingerprint density at radius 1 is 0.946 bits per heavy atom. The first-order chi connectivity index (χ1) is 17.8. The van der Waals surface area contributed by atoms with Crippen molar-refractivity contribution < 1.29 is 27.2 Å². The van der Waals surface area contributed by atoms with Crippen LogP contribution in [0.25, 0.3) is 34.0 Å². The summed E-state index contributed by atoms with van der Waals surface area (Å²) in [5.41, 5.74) is 1.66. The zero-order valence-electron chi connectivity index (χ0n) is 19.4. The first-order valence-electron chi connectivity index (χ1n) is 11.1. The Bertz CT molecular complexity index is 1540. The number of rotatable bonds is 6. The highest BCUT2D eigenvalue weighted by Gasteiger charge is 2.34. The fourth-order valence-corrected chi connectivity index (χ4v) is 3.85. The van der Waals surface area contributed by atoms with Gasteiger partial charge in [-0.15, -0.1) is 0 Å². The molecule has 5 rings (SSSR count). The number of alkyl halides is 3.